The van der Waals surface area contributed by atoms with Crippen LogP contribution in [0.5, 0.6) is 5.75 Å². The summed E-state index contributed by atoms with van der Waals surface area (Å²) in [6, 6.07) is 12.4. The molecule has 134 valence electrons. The molecule has 0 aromatic heterocycles. The Kier molecular flexibility index (Phi) is 6.17. The Morgan fingerprint density at radius 3 is 2.36 bits per heavy atom. The zero-order valence-corrected chi connectivity index (χ0v) is 15.3. The number of ether oxygens (including phenoxy) is 1. The van der Waals surface area contributed by atoms with Gasteiger partial charge in [-0.25, -0.2) is 13.1 Å². The van der Waals surface area contributed by atoms with E-state index in [9.17, 15) is 13.2 Å². The van der Waals surface area contributed by atoms with Crippen molar-refractivity contribution in [1.82, 2.24) is 4.72 Å². The van der Waals surface area contributed by atoms with E-state index >= 15 is 0 Å². The Morgan fingerprint density at radius 1 is 1.08 bits per heavy atom. The third kappa shape index (κ3) is 5.88. The molecule has 0 fully saturated rings. The molecule has 0 spiro atoms. The molecule has 7 heteroatoms. The number of hydrogen-bond donors (Lipinski definition) is 2. The molecule has 6 nitrogen and oxygen atoms in total. The average molecular weight is 362 g/mol. The van der Waals surface area contributed by atoms with Crippen LogP contribution in [0, 0.1) is 13.8 Å². The molecule has 1 amide bonds. The van der Waals surface area contributed by atoms with Crippen molar-refractivity contribution in [2.24, 2.45) is 0 Å². The first kappa shape index (κ1) is 19.0. The van der Waals surface area contributed by atoms with Crippen LogP contribution < -0.4 is 14.8 Å². The van der Waals surface area contributed by atoms with Gasteiger partial charge in [0, 0.05) is 5.69 Å². The van der Waals surface area contributed by atoms with Gasteiger partial charge in [-0.1, -0.05) is 23.8 Å². The predicted molar refractivity (Wildman–Crippen MR) is 98.2 cm³/mol. The number of methoxy groups -OCH3 is 1. The van der Waals surface area contributed by atoms with Crippen LogP contribution in [0.2, 0.25) is 0 Å². The molecule has 0 saturated heterocycles. The Hall–Kier alpha value is -2.38. The van der Waals surface area contributed by atoms with Crippen molar-refractivity contribution >= 4 is 21.6 Å². The van der Waals surface area contributed by atoms with Crippen molar-refractivity contribution in [3.8, 4) is 5.75 Å². The fraction of sp³-hybridized carbons (Fsp3) is 0.278. The van der Waals surface area contributed by atoms with E-state index in [1.165, 1.54) is 0 Å². The maximum Gasteiger partial charge on any atom is 0.239 e. The molecule has 0 radical (unpaired) electrons. The van der Waals surface area contributed by atoms with Crippen molar-refractivity contribution in [3.63, 3.8) is 0 Å². The first-order valence-corrected chi connectivity index (χ1v) is 9.41. The lowest BCUT2D eigenvalue weighted by atomic mass is 10.1. The number of benzene rings is 2. The summed E-state index contributed by atoms with van der Waals surface area (Å²) >= 11 is 0. The summed E-state index contributed by atoms with van der Waals surface area (Å²) < 4.78 is 31.7. The van der Waals surface area contributed by atoms with Gasteiger partial charge in [-0.3, -0.25) is 4.79 Å². The number of aryl methyl sites for hydroxylation is 2. The van der Waals surface area contributed by atoms with Gasteiger partial charge in [0.15, 0.2) is 0 Å². The fourth-order valence-corrected chi connectivity index (χ4v) is 3.50. The van der Waals surface area contributed by atoms with E-state index in [0.29, 0.717) is 17.0 Å². The minimum atomic E-state index is -3.60. The van der Waals surface area contributed by atoms with E-state index in [-0.39, 0.29) is 12.3 Å². The number of rotatable bonds is 7. The van der Waals surface area contributed by atoms with Gasteiger partial charge < -0.3 is 10.1 Å². The Labute approximate surface area is 148 Å². The first-order chi connectivity index (χ1) is 11.8. The van der Waals surface area contributed by atoms with Gasteiger partial charge in [-0.2, -0.15) is 0 Å². The summed E-state index contributed by atoms with van der Waals surface area (Å²) in [5.74, 6) is 0.0797. The van der Waals surface area contributed by atoms with Crippen LogP contribution in [-0.2, 0) is 20.6 Å². The van der Waals surface area contributed by atoms with Crippen LogP contribution in [0.4, 0.5) is 5.69 Å². The predicted octanol–water partition coefficient (Wildman–Crippen LogP) is 2.37. The van der Waals surface area contributed by atoms with Crippen LogP contribution in [0.25, 0.3) is 0 Å². The van der Waals surface area contributed by atoms with E-state index in [4.69, 9.17) is 4.74 Å². The molecular formula is C18H22N2O4S. The summed E-state index contributed by atoms with van der Waals surface area (Å²) in [6.45, 7) is 3.50. The highest BCUT2D eigenvalue weighted by Crippen LogP contribution is 2.15. The molecular weight excluding hydrogens is 340 g/mol. The normalized spacial score (nSPS) is 11.2. The topological polar surface area (TPSA) is 84.5 Å². The van der Waals surface area contributed by atoms with E-state index in [2.05, 4.69) is 10.0 Å². The number of carbonyl (C=O) groups excluding carboxylic acids is 1. The van der Waals surface area contributed by atoms with Gasteiger partial charge >= 0.3 is 0 Å². The van der Waals surface area contributed by atoms with Crippen LogP contribution in [0.1, 0.15) is 16.7 Å². The largest absolute Gasteiger partial charge is 0.497 e. The zero-order chi connectivity index (χ0) is 18.4. The second-order valence-electron chi connectivity index (χ2n) is 5.79. The molecule has 0 heterocycles. The summed E-state index contributed by atoms with van der Waals surface area (Å²) in [6.07, 6.45) is 0. The number of amides is 1. The smallest absolute Gasteiger partial charge is 0.239 e. The van der Waals surface area contributed by atoms with Crippen molar-refractivity contribution in [2.45, 2.75) is 19.6 Å². The average Bonchev–Trinajstić information content (AvgIpc) is 2.56. The highest BCUT2D eigenvalue weighted by Gasteiger charge is 2.15. The summed E-state index contributed by atoms with van der Waals surface area (Å²) in [5.41, 5.74) is 3.27. The van der Waals surface area contributed by atoms with E-state index in [1.54, 1.807) is 37.4 Å². The zero-order valence-electron chi connectivity index (χ0n) is 14.5. The number of nitrogens with one attached hydrogen (secondary N) is 2. The standard InChI is InChI=1S/C18H22N2O4S/c1-13-4-5-15(14(2)10-13)12-25(22,23)19-11-18(21)20-16-6-8-17(24-3)9-7-16/h4-10,19H,11-12H2,1-3H3,(H,20,21). The lowest BCUT2D eigenvalue weighted by Crippen LogP contribution is -2.33. The maximum atomic E-state index is 12.2. The second-order valence-corrected chi connectivity index (χ2v) is 7.59. The molecule has 0 unspecified atom stereocenters. The molecule has 0 aliphatic rings. The summed E-state index contributed by atoms with van der Waals surface area (Å²) in [7, 11) is -2.05. The van der Waals surface area contributed by atoms with E-state index in [1.807, 2.05) is 26.0 Å². The number of sulfonamides is 1. The summed E-state index contributed by atoms with van der Waals surface area (Å²) in [4.78, 5) is 11.9. The van der Waals surface area contributed by atoms with Crippen LogP contribution in [0.15, 0.2) is 42.5 Å². The molecule has 2 aromatic rings. The quantitative estimate of drug-likeness (QED) is 0.792. The Morgan fingerprint density at radius 2 is 1.76 bits per heavy atom. The lowest BCUT2D eigenvalue weighted by molar-refractivity contribution is -0.115. The minimum absolute atomic E-state index is 0.158. The molecule has 0 bridgehead atoms. The molecule has 25 heavy (non-hydrogen) atoms. The van der Waals surface area contributed by atoms with Gasteiger partial charge in [0.05, 0.1) is 19.4 Å². The molecule has 0 atom stereocenters. The molecule has 2 rings (SSSR count). The van der Waals surface area contributed by atoms with Crippen molar-refractivity contribution in [2.75, 3.05) is 19.0 Å². The Balaban J connectivity index is 1.90. The highest BCUT2D eigenvalue weighted by atomic mass is 32.2. The van der Waals surface area contributed by atoms with Gasteiger partial charge in [-0.05, 0) is 49.2 Å². The van der Waals surface area contributed by atoms with Crippen molar-refractivity contribution in [1.29, 1.82) is 0 Å². The lowest BCUT2D eigenvalue weighted by Gasteiger charge is -2.10. The SMILES string of the molecule is COc1ccc(NC(=O)CNS(=O)(=O)Cc2ccc(C)cc2C)cc1. The molecule has 0 aliphatic heterocycles. The molecule has 0 saturated carbocycles. The monoisotopic (exact) mass is 362 g/mol. The first-order valence-electron chi connectivity index (χ1n) is 7.76. The third-order valence-corrected chi connectivity index (χ3v) is 4.95. The minimum Gasteiger partial charge on any atom is -0.497 e. The molecule has 2 N–H and O–H groups in total. The van der Waals surface area contributed by atoms with Crippen LogP contribution in [0.3, 0.4) is 0 Å². The number of anilines is 1. The fourth-order valence-electron chi connectivity index (χ4n) is 2.32. The van der Waals surface area contributed by atoms with Crippen LogP contribution in [-0.4, -0.2) is 28.0 Å². The van der Waals surface area contributed by atoms with Gasteiger partial charge in [-0.15, -0.1) is 0 Å². The van der Waals surface area contributed by atoms with Crippen molar-refractivity contribution < 1.29 is 17.9 Å². The third-order valence-electron chi connectivity index (χ3n) is 3.67. The van der Waals surface area contributed by atoms with E-state index < -0.39 is 15.9 Å². The van der Waals surface area contributed by atoms with Crippen LogP contribution >= 0.6 is 0 Å². The van der Waals surface area contributed by atoms with Gasteiger partial charge in [0.2, 0.25) is 15.9 Å². The summed E-state index contributed by atoms with van der Waals surface area (Å²) in [5, 5.41) is 2.63. The second kappa shape index (κ2) is 8.13. The Bertz CT molecular complexity index is 846. The van der Waals surface area contributed by atoms with Gasteiger partial charge in [0.1, 0.15) is 5.75 Å². The van der Waals surface area contributed by atoms with E-state index in [0.717, 1.165) is 11.1 Å². The highest BCUT2D eigenvalue weighted by molar-refractivity contribution is 7.88. The number of carbonyl (C=O) groups is 1. The molecule has 0 aliphatic carbocycles. The van der Waals surface area contributed by atoms with Crippen molar-refractivity contribution in [3.05, 3.63) is 59.2 Å². The van der Waals surface area contributed by atoms with Gasteiger partial charge in [0.25, 0.3) is 0 Å². The maximum absolute atomic E-state index is 12.2. The molecule has 2 aromatic carbocycles. The number of hydrogen-bond acceptors (Lipinski definition) is 4.